The van der Waals surface area contributed by atoms with Gasteiger partial charge in [0.05, 0.1) is 25.0 Å². The summed E-state index contributed by atoms with van der Waals surface area (Å²) < 4.78 is 53.3. The zero-order valence-electron chi connectivity index (χ0n) is 24.3. The van der Waals surface area contributed by atoms with Crippen molar-refractivity contribution in [3.05, 3.63) is 64.2 Å². The van der Waals surface area contributed by atoms with Gasteiger partial charge in [-0.15, -0.1) is 5.01 Å². The molecule has 0 spiro atoms. The molecule has 0 radical (unpaired) electrons. The van der Waals surface area contributed by atoms with Crippen LogP contribution >= 0.6 is 0 Å². The second-order valence-electron chi connectivity index (χ2n) is 10.6. The number of methoxy groups -OCH3 is 1. The van der Waals surface area contributed by atoms with Gasteiger partial charge in [0.2, 0.25) is 6.79 Å². The van der Waals surface area contributed by atoms with E-state index in [0.717, 1.165) is 23.1 Å². The molecule has 9 nitrogen and oxygen atoms in total. The third-order valence-corrected chi connectivity index (χ3v) is 6.03. The Kier molecular flexibility index (Phi) is 10.5. The number of benzene rings is 2. The molecule has 224 valence electrons. The van der Waals surface area contributed by atoms with Crippen LogP contribution in [-0.4, -0.2) is 59.5 Å². The van der Waals surface area contributed by atoms with Gasteiger partial charge in [-0.25, -0.2) is 9.80 Å². The summed E-state index contributed by atoms with van der Waals surface area (Å²) in [6.07, 6.45) is -7.00. The number of rotatable bonds is 7. The molecule has 0 fully saturated rings. The van der Waals surface area contributed by atoms with Gasteiger partial charge in [-0.2, -0.15) is 13.2 Å². The minimum atomic E-state index is -4.62. The Hall–Kier alpha value is -4.09. The van der Waals surface area contributed by atoms with E-state index in [0.29, 0.717) is 16.3 Å². The van der Waals surface area contributed by atoms with E-state index in [1.165, 1.54) is 19.2 Å². The summed E-state index contributed by atoms with van der Waals surface area (Å²) in [5.41, 5.74) is 0.947. The average molecular weight is 581 g/mol. The SMILES string of the molecule is COc1cccc(C(=O)N(C(=O)OCOC(=O)CC(C)C(F)(F)F)N(C(=O)c2cc(C)cc(C)c2)C(C)(C)C)c1C. The van der Waals surface area contributed by atoms with Crippen LogP contribution in [0.5, 0.6) is 5.75 Å². The largest absolute Gasteiger partial charge is 0.496 e. The molecule has 2 aromatic rings. The van der Waals surface area contributed by atoms with E-state index in [1.54, 1.807) is 59.7 Å². The highest BCUT2D eigenvalue weighted by Gasteiger charge is 2.42. The summed E-state index contributed by atoms with van der Waals surface area (Å²) in [6.45, 7) is 9.68. The standard InChI is InChI=1S/C29H35F3N2O7/c1-17-12-18(2)14-21(13-17)25(36)34(28(5,6)7)33(26(37)22-10-9-11-23(39-8)20(22)4)27(38)41-16-40-24(35)15-19(3)29(30,31)32/h9-14,19H,15-16H2,1-8H3. The smallest absolute Gasteiger partial charge is 0.439 e. The van der Waals surface area contributed by atoms with Crippen LogP contribution in [0.1, 0.15) is 71.5 Å². The van der Waals surface area contributed by atoms with Gasteiger partial charge in [0, 0.05) is 16.7 Å². The highest BCUT2D eigenvalue weighted by Crippen LogP contribution is 2.29. The lowest BCUT2D eigenvalue weighted by atomic mass is 10.0. The normalized spacial score (nSPS) is 12.3. The first-order chi connectivity index (χ1) is 18.9. The molecule has 0 saturated heterocycles. The number of ether oxygens (including phenoxy) is 3. The van der Waals surface area contributed by atoms with E-state index < -0.39 is 54.7 Å². The Morgan fingerprint density at radius 1 is 0.902 bits per heavy atom. The second-order valence-corrected chi connectivity index (χ2v) is 10.6. The van der Waals surface area contributed by atoms with Gasteiger partial charge in [0.1, 0.15) is 5.75 Å². The van der Waals surface area contributed by atoms with E-state index in [-0.39, 0.29) is 11.1 Å². The first-order valence-corrected chi connectivity index (χ1v) is 12.7. The van der Waals surface area contributed by atoms with Crippen LogP contribution in [0.4, 0.5) is 18.0 Å². The monoisotopic (exact) mass is 580 g/mol. The fraction of sp³-hybridized carbons (Fsp3) is 0.448. The Balaban J connectivity index is 2.51. The molecule has 1 atom stereocenters. The molecule has 0 heterocycles. The lowest BCUT2D eigenvalue weighted by molar-refractivity contribution is -0.183. The van der Waals surface area contributed by atoms with Gasteiger partial charge < -0.3 is 14.2 Å². The molecule has 0 aliphatic carbocycles. The lowest BCUT2D eigenvalue weighted by Crippen LogP contribution is -2.60. The van der Waals surface area contributed by atoms with Gasteiger partial charge >= 0.3 is 18.2 Å². The Labute approximate surface area is 237 Å². The van der Waals surface area contributed by atoms with Crippen molar-refractivity contribution >= 4 is 23.9 Å². The highest BCUT2D eigenvalue weighted by atomic mass is 19.4. The number of carbonyl (C=O) groups excluding carboxylic acids is 4. The summed E-state index contributed by atoms with van der Waals surface area (Å²) in [7, 11) is 1.40. The molecule has 0 N–H and O–H groups in total. The van der Waals surface area contributed by atoms with Crippen molar-refractivity contribution in [3.63, 3.8) is 0 Å². The number of hydrazine groups is 1. The van der Waals surface area contributed by atoms with Crippen molar-refractivity contribution in [2.45, 2.75) is 66.6 Å². The molecule has 0 aliphatic rings. The second kappa shape index (κ2) is 13.0. The van der Waals surface area contributed by atoms with Gasteiger partial charge in [0.15, 0.2) is 0 Å². The van der Waals surface area contributed by atoms with Gasteiger partial charge in [-0.05, 0) is 65.8 Å². The van der Waals surface area contributed by atoms with Crippen LogP contribution in [-0.2, 0) is 14.3 Å². The molecular weight excluding hydrogens is 545 g/mol. The van der Waals surface area contributed by atoms with E-state index in [2.05, 4.69) is 4.74 Å². The molecule has 0 aromatic heterocycles. The molecule has 2 rings (SSSR count). The quantitative estimate of drug-likeness (QED) is 0.220. The van der Waals surface area contributed by atoms with Crippen LogP contribution in [0.3, 0.4) is 0 Å². The number of nitrogens with zero attached hydrogens (tertiary/aromatic N) is 2. The zero-order valence-corrected chi connectivity index (χ0v) is 24.3. The van der Waals surface area contributed by atoms with Crippen molar-refractivity contribution in [3.8, 4) is 5.75 Å². The summed E-state index contributed by atoms with van der Waals surface area (Å²) in [6, 6.07) is 9.62. The first kappa shape index (κ1) is 33.1. The maximum absolute atomic E-state index is 13.9. The summed E-state index contributed by atoms with van der Waals surface area (Å²) in [5.74, 6) is -4.54. The Bertz CT molecular complexity index is 1280. The predicted octanol–water partition coefficient (Wildman–Crippen LogP) is 6.14. The Morgan fingerprint density at radius 3 is 2.00 bits per heavy atom. The molecule has 0 aliphatic heterocycles. The fourth-order valence-electron chi connectivity index (χ4n) is 3.98. The van der Waals surface area contributed by atoms with Crippen molar-refractivity contribution in [1.29, 1.82) is 0 Å². The average Bonchev–Trinajstić information content (AvgIpc) is 2.84. The first-order valence-electron chi connectivity index (χ1n) is 12.7. The maximum Gasteiger partial charge on any atom is 0.439 e. The maximum atomic E-state index is 13.9. The number of hydrogen-bond donors (Lipinski definition) is 0. The minimum absolute atomic E-state index is 0.0137. The van der Waals surface area contributed by atoms with Gasteiger partial charge in [-0.1, -0.05) is 30.2 Å². The lowest BCUT2D eigenvalue weighted by Gasteiger charge is -2.41. The summed E-state index contributed by atoms with van der Waals surface area (Å²) >= 11 is 0. The fourth-order valence-corrected chi connectivity index (χ4v) is 3.98. The number of aryl methyl sites for hydroxylation is 2. The van der Waals surface area contributed by atoms with E-state index in [4.69, 9.17) is 9.47 Å². The zero-order chi connectivity index (χ0) is 31.3. The number of alkyl halides is 3. The number of esters is 1. The molecular formula is C29H35F3N2O7. The van der Waals surface area contributed by atoms with Crippen LogP contribution in [0.2, 0.25) is 0 Å². The molecule has 3 amide bonds. The molecule has 41 heavy (non-hydrogen) atoms. The van der Waals surface area contributed by atoms with Crippen molar-refractivity contribution in [2.75, 3.05) is 13.9 Å². The van der Waals surface area contributed by atoms with E-state index in [9.17, 15) is 32.3 Å². The summed E-state index contributed by atoms with van der Waals surface area (Å²) in [5, 5.41) is 1.42. The number of imide groups is 1. The third-order valence-electron chi connectivity index (χ3n) is 6.03. The van der Waals surface area contributed by atoms with Crippen LogP contribution in [0, 0.1) is 26.7 Å². The minimum Gasteiger partial charge on any atom is -0.496 e. The van der Waals surface area contributed by atoms with Crippen molar-refractivity contribution in [2.24, 2.45) is 5.92 Å². The highest BCUT2D eigenvalue weighted by molar-refractivity contribution is 6.07. The molecule has 12 heteroatoms. The molecule has 1 unspecified atom stereocenters. The van der Waals surface area contributed by atoms with Gasteiger partial charge in [0.25, 0.3) is 11.8 Å². The summed E-state index contributed by atoms with van der Waals surface area (Å²) in [4.78, 5) is 53.2. The molecule has 0 saturated carbocycles. The van der Waals surface area contributed by atoms with Crippen LogP contribution in [0.25, 0.3) is 0 Å². The van der Waals surface area contributed by atoms with E-state index >= 15 is 0 Å². The topological polar surface area (TPSA) is 102 Å². The van der Waals surface area contributed by atoms with Crippen molar-refractivity contribution in [1.82, 2.24) is 10.0 Å². The molecule has 0 bridgehead atoms. The Morgan fingerprint density at radius 2 is 1.49 bits per heavy atom. The number of hydrogen-bond acceptors (Lipinski definition) is 7. The van der Waals surface area contributed by atoms with E-state index in [1.807, 2.05) is 6.07 Å². The number of amides is 3. The van der Waals surface area contributed by atoms with Crippen LogP contribution < -0.4 is 4.74 Å². The third kappa shape index (κ3) is 8.45. The number of carbonyl (C=O) groups is 4. The van der Waals surface area contributed by atoms with Crippen LogP contribution in [0.15, 0.2) is 36.4 Å². The van der Waals surface area contributed by atoms with Gasteiger partial charge in [-0.3, -0.25) is 14.4 Å². The molecule has 2 aromatic carbocycles. The predicted molar refractivity (Wildman–Crippen MR) is 143 cm³/mol. The van der Waals surface area contributed by atoms with Crippen molar-refractivity contribution < 1.29 is 46.6 Å². The number of halogens is 3.